The predicted octanol–water partition coefficient (Wildman–Crippen LogP) is 1.41. The van der Waals surface area contributed by atoms with E-state index in [1.807, 2.05) is 4.90 Å². The average molecular weight is 348 g/mol. The molecular formula is C17H24N4O4. The number of nitrogens with zero attached hydrogens (tertiary/aromatic N) is 3. The highest BCUT2D eigenvalue weighted by Gasteiger charge is 2.26. The van der Waals surface area contributed by atoms with Gasteiger partial charge in [-0.2, -0.15) is 0 Å². The van der Waals surface area contributed by atoms with Crippen molar-refractivity contribution in [1.29, 1.82) is 0 Å². The van der Waals surface area contributed by atoms with Crippen LogP contribution in [0.1, 0.15) is 20.8 Å². The van der Waals surface area contributed by atoms with Gasteiger partial charge in [0.2, 0.25) is 11.8 Å². The zero-order chi connectivity index (χ0) is 18.6. The second-order valence-electron chi connectivity index (χ2n) is 7.05. The van der Waals surface area contributed by atoms with Crippen molar-refractivity contribution in [3.05, 3.63) is 34.4 Å². The molecule has 1 aromatic rings. The molecule has 1 saturated heterocycles. The summed E-state index contributed by atoms with van der Waals surface area (Å²) in [6, 6.07) is 6.61. The molecule has 1 N–H and O–H groups in total. The summed E-state index contributed by atoms with van der Waals surface area (Å²) in [7, 11) is 0. The Balaban J connectivity index is 1.91. The molecule has 0 radical (unpaired) electrons. The van der Waals surface area contributed by atoms with Crippen molar-refractivity contribution < 1.29 is 14.5 Å². The molecule has 1 fully saturated rings. The largest absolute Gasteiger partial charge is 0.362 e. The number of carbonyl (C=O) groups excluding carboxylic acids is 2. The average Bonchev–Trinajstić information content (AvgIpc) is 2.58. The molecule has 0 spiro atoms. The maximum Gasteiger partial charge on any atom is 0.292 e. The van der Waals surface area contributed by atoms with E-state index in [1.54, 1.807) is 43.9 Å². The van der Waals surface area contributed by atoms with Crippen LogP contribution in [-0.4, -0.2) is 54.4 Å². The highest BCUT2D eigenvalue weighted by atomic mass is 16.6. The number of para-hydroxylation sites is 2. The van der Waals surface area contributed by atoms with Crippen LogP contribution in [0.2, 0.25) is 0 Å². The molecule has 136 valence electrons. The first-order chi connectivity index (χ1) is 11.7. The SMILES string of the molecule is CC(C)(C)C(=O)NCC(=O)N1CCN(c2ccccc2[N+](=O)[O-])CC1. The molecule has 0 saturated carbocycles. The maximum atomic E-state index is 12.2. The zero-order valence-corrected chi connectivity index (χ0v) is 14.8. The Hall–Kier alpha value is -2.64. The minimum atomic E-state index is -0.536. The van der Waals surface area contributed by atoms with Gasteiger partial charge in [0, 0.05) is 37.7 Å². The van der Waals surface area contributed by atoms with Gasteiger partial charge in [-0.25, -0.2) is 0 Å². The Morgan fingerprint density at radius 2 is 1.76 bits per heavy atom. The van der Waals surface area contributed by atoms with Crippen LogP contribution in [-0.2, 0) is 9.59 Å². The van der Waals surface area contributed by atoms with Crippen molar-refractivity contribution in [3.63, 3.8) is 0 Å². The van der Waals surface area contributed by atoms with E-state index in [2.05, 4.69) is 5.32 Å². The van der Waals surface area contributed by atoms with Crippen LogP contribution in [0, 0.1) is 15.5 Å². The van der Waals surface area contributed by atoms with Gasteiger partial charge >= 0.3 is 0 Å². The lowest BCUT2D eigenvalue weighted by Crippen LogP contribution is -2.52. The summed E-state index contributed by atoms with van der Waals surface area (Å²) in [6.07, 6.45) is 0. The minimum Gasteiger partial charge on any atom is -0.362 e. The fourth-order valence-electron chi connectivity index (χ4n) is 2.62. The second-order valence-corrected chi connectivity index (χ2v) is 7.05. The third kappa shape index (κ3) is 4.68. The van der Waals surface area contributed by atoms with Crippen molar-refractivity contribution in [2.75, 3.05) is 37.6 Å². The van der Waals surface area contributed by atoms with Crippen LogP contribution < -0.4 is 10.2 Å². The van der Waals surface area contributed by atoms with Crippen molar-refractivity contribution in [2.45, 2.75) is 20.8 Å². The quantitative estimate of drug-likeness (QED) is 0.655. The molecule has 0 aromatic heterocycles. The monoisotopic (exact) mass is 348 g/mol. The van der Waals surface area contributed by atoms with E-state index in [0.29, 0.717) is 31.9 Å². The molecule has 0 atom stereocenters. The topological polar surface area (TPSA) is 95.8 Å². The number of nitro benzene ring substituents is 1. The first kappa shape index (κ1) is 18.7. The van der Waals surface area contributed by atoms with Crippen molar-refractivity contribution in [1.82, 2.24) is 10.2 Å². The lowest BCUT2D eigenvalue weighted by Gasteiger charge is -2.36. The molecule has 1 aliphatic rings. The Labute approximate surface area is 146 Å². The summed E-state index contributed by atoms with van der Waals surface area (Å²) in [5.74, 6) is -0.306. The Kier molecular flexibility index (Phi) is 5.61. The number of nitro groups is 1. The van der Waals surface area contributed by atoms with Gasteiger partial charge in [0.1, 0.15) is 5.69 Å². The van der Waals surface area contributed by atoms with E-state index < -0.39 is 10.3 Å². The first-order valence-electron chi connectivity index (χ1n) is 8.24. The lowest BCUT2D eigenvalue weighted by molar-refractivity contribution is -0.384. The first-order valence-corrected chi connectivity index (χ1v) is 8.24. The molecule has 1 aliphatic heterocycles. The summed E-state index contributed by atoms with van der Waals surface area (Å²) in [4.78, 5) is 38.4. The Morgan fingerprint density at radius 3 is 2.32 bits per heavy atom. The molecule has 0 unspecified atom stereocenters. The summed E-state index contributed by atoms with van der Waals surface area (Å²) >= 11 is 0. The number of benzene rings is 1. The van der Waals surface area contributed by atoms with Crippen LogP contribution >= 0.6 is 0 Å². The molecule has 0 aliphatic carbocycles. The number of anilines is 1. The molecular weight excluding hydrogens is 324 g/mol. The van der Waals surface area contributed by atoms with Gasteiger partial charge in [-0.15, -0.1) is 0 Å². The standard InChI is InChI=1S/C17H24N4O4/c1-17(2,3)16(23)18-12-15(22)20-10-8-19(9-11-20)13-6-4-5-7-14(13)21(24)25/h4-7H,8-12H2,1-3H3,(H,18,23). The molecule has 2 rings (SSSR count). The third-order valence-corrected chi connectivity index (χ3v) is 4.13. The van der Waals surface area contributed by atoms with Gasteiger partial charge in [0.15, 0.2) is 0 Å². The van der Waals surface area contributed by atoms with Gasteiger partial charge in [0.25, 0.3) is 5.69 Å². The van der Waals surface area contributed by atoms with Gasteiger partial charge in [-0.05, 0) is 6.07 Å². The number of rotatable bonds is 4. The van der Waals surface area contributed by atoms with Crippen molar-refractivity contribution in [3.8, 4) is 0 Å². The van der Waals surface area contributed by atoms with Crippen molar-refractivity contribution in [2.24, 2.45) is 5.41 Å². The number of hydrogen-bond acceptors (Lipinski definition) is 5. The molecule has 8 nitrogen and oxygen atoms in total. The second kappa shape index (κ2) is 7.50. The number of hydrogen-bond donors (Lipinski definition) is 1. The Morgan fingerprint density at radius 1 is 1.16 bits per heavy atom. The summed E-state index contributed by atoms with van der Waals surface area (Å²) < 4.78 is 0. The van der Waals surface area contributed by atoms with Gasteiger partial charge < -0.3 is 15.1 Å². The molecule has 8 heteroatoms. The maximum absolute atomic E-state index is 12.2. The van der Waals surface area contributed by atoms with Crippen LogP contribution in [0.5, 0.6) is 0 Å². The van der Waals surface area contributed by atoms with E-state index >= 15 is 0 Å². The minimum absolute atomic E-state index is 0.0262. The molecule has 0 bridgehead atoms. The molecule has 25 heavy (non-hydrogen) atoms. The van der Waals surface area contributed by atoms with Gasteiger partial charge in [-0.3, -0.25) is 19.7 Å². The zero-order valence-electron chi connectivity index (χ0n) is 14.8. The summed E-state index contributed by atoms with van der Waals surface area (Å²) in [5.41, 5.74) is 0.103. The smallest absolute Gasteiger partial charge is 0.292 e. The fraction of sp³-hybridized carbons (Fsp3) is 0.529. The summed E-state index contributed by atoms with van der Waals surface area (Å²) in [5, 5.41) is 13.8. The predicted molar refractivity (Wildman–Crippen MR) is 94.4 cm³/mol. The van der Waals surface area contributed by atoms with E-state index in [4.69, 9.17) is 0 Å². The van der Waals surface area contributed by atoms with Crippen LogP contribution in [0.15, 0.2) is 24.3 Å². The van der Waals surface area contributed by atoms with E-state index in [0.717, 1.165) is 0 Å². The Bertz CT molecular complexity index is 661. The number of carbonyl (C=O) groups is 2. The van der Waals surface area contributed by atoms with Crippen LogP contribution in [0.3, 0.4) is 0 Å². The van der Waals surface area contributed by atoms with Crippen molar-refractivity contribution >= 4 is 23.2 Å². The van der Waals surface area contributed by atoms with Crippen LogP contribution in [0.4, 0.5) is 11.4 Å². The van der Waals surface area contributed by atoms with E-state index in [9.17, 15) is 19.7 Å². The van der Waals surface area contributed by atoms with E-state index in [1.165, 1.54) is 6.07 Å². The highest BCUT2D eigenvalue weighted by molar-refractivity contribution is 5.87. The van der Waals surface area contributed by atoms with Gasteiger partial charge in [0.05, 0.1) is 11.5 Å². The molecule has 1 heterocycles. The normalized spacial score (nSPS) is 15.0. The van der Waals surface area contributed by atoms with E-state index in [-0.39, 0.29) is 24.0 Å². The summed E-state index contributed by atoms with van der Waals surface area (Å²) in [6.45, 7) is 7.32. The number of amides is 2. The highest BCUT2D eigenvalue weighted by Crippen LogP contribution is 2.28. The number of nitrogens with one attached hydrogen (secondary N) is 1. The van der Waals surface area contributed by atoms with Gasteiger partial charge in [-0.1, -0.05) is 32.9 Å². The number of piperazine rings is 1. The van der Waals surface area contributed by atoms with Crippen LogP contribution in [0.25, 0.3) is 0 Å². The molecule has 1 aromatic carbocycles. The fourth-order valence-corrected chi connectivity index (χ4v) is 2.62. The molecule has 2 amide bonds. The third-order valence-electron chi connectivity index (χ3n) is 4.13. The lowest BCUT2D eigenvalue weighted by atomic mass is 9.96.